The van der Waals surface area contributed by atoms with Crippen molar-refractivity contribution in [2.24, 2.45) is 5.92 Å². The smallest absolute Gasteiger partial charge is 0.462 e. The largest absolute Gasteiger partial charge is 0.472 e. The van der Waals surface area contributed by atoms with E-state index in [1.165, 1.54) is 205 Å². The van der Waals surface area contributed by atoms with Gasteiger partial charge >= 0.3 is 39.5 Å². The maximum absolute atomic E-state index is 13.1. The van der Waals surface area contributed by atoms with E-state index in [0.717, 1.165) is 115 Å². The minimum atomic E-state index is -4.96. The lowest BCUT2D eigenvalue weighted by Crippen LogP contribution is -2.30. The molecular formula is C80H152O17P2. The average Bonchev–Trinajstić information content (AvgIpc) is 1.21. The van der Waals surface area contributed by atoms with Gasteiger partial charge in [-0.25, -0.2) is 9.13 Å². The van der Waals surface area contributed by atoms with Crippen LogP contribution in [0, 0.1) is 5.92 Å². The highest BCUT2D eigenvalue weighted by Gasteiger charge is 2.30. The van der Waals surface area contributed by atoms with Crippen LogP contribution in [0.25, 0.3) is 0 Å². The molecule has 19 heteroatoms. The molecule has 0 heterocycles. The number of unbranched alkanes of at least 4 members (excludes halogenated alkanes) is 46. The van der Waals surface area contributed by atoms with E-state index in [1.54, 1.807) is 0 Å². The molecule has 0 bridgehead atoms. The quantitative estimate of drug-likeness (QED) is 0.0169. The summed E-state index contributed by atoms with van der Waals surface area (Å²) in [4.78, 5) is 72.9. The summed E-state index contributed by atoms with van der Waals surface area (Å²) in [6.45, 7) is 7.28. The Morgan fingerprint density at radius 3 is 0.859 bits per heavy atom. The average molecular weight is 1450 g/mol. The van der Waals surface area contributed by atoms with Gasteiger partial charge in [-0.3, -0.25) is 37.3 Å². The fraction of sp³-hybridized carbons (Fsp3) is 0.900. The highest BCUT2D eigenvalue weighted by atomic mass is 31.2. The Kier molecular flexibility index (Phi) is 70.7. The maximum atomic E-state index is 13.1. The molecule has 0 spiro atoms. The highest BCUT2D eigenvalue weighted by Crippen LogP contribution is 2.45. The molecule has 0 aromatic rings. The molecule has 0 aromatic heterocycles. The normalized spacial score (nSPS) is 14.3. The van der Waals surface area contributed by atoms with Crippen molar-refractivity contribution < 1.29 is 80.2 Å². The summed E-state index contributed by atoms with van der Waals surface area (Å²) in [7, 11) is -9.93. The minimum Gasteiger partial charge on any atom is -0.462 e. The second-order valence-corrected chi connectivity index (χ2v) is 31.3. The van der Waals surface area contributed by atoms with Crippen LogP contribution in [-0.2, 0) is 65.4 Å². The molecule has 3 unspecified atom stereocenters. The van der Waals surface area contributed by atoms with Crippen molar-refractivity contribution in [2.75, 3.05) is 39.6 Å². The molecule has 0 aromatic carbocycles. The van der Waals surface area contributed by atoms with Crippen LogP contribution in [0.5, 0.6) is 0 Å². The Morgan fingerprint density at radius 1 is 0.323 bits per heavy atom. The Hall–Kier alpha value is -2.46. The van der Waals surface area contributed by atoms with Crippen molar-refractivity contribution in [2.45, 2.75) is 419 Å². The van der Waals surface area contributed by atoms with Crippen LogP contribution in [0.2, 0.25) is 0 Å². The van der Waals surface area contributed by atoms with Gasteiger partial charge in [-0.15, -0.1) is 0 Å². The number of ether oxygens (including phenoxy) is 4. The van der Waals surface area contributed by atoms with Crippen molar-refractivity contribution in [3.05, 3.63) is 24.3 Å². The standard InChI is InChI=1S/C80H152O17P2/c1-6-10-13-16-19-22-24-26-28-29-30-32-36-40-44-49-54-59-64-78(83)91-70-76(97-80(85)66-61-56-51-46-42-38-34-33-35-39-43-47-52-57-62-73(5)9-4)72-95-99(88,89)93-68-74(81)67-92-98(86,87)94-71-75(69-90-77(82)63-58-53-48-21-18-15-12-8-3)96-79(84)65-60-55-50-45-41-37-31-27-25-23-20-17-14-11-7-2/h23,25,27,31,73-76,81H,6-22,24,26,28-30,32-72H2,1-5H3,(H,86,87)(H,88,89)/b25-23-,31-27-/t73?,74-,75+,76+/m0/s1. The van der Waals surface area contributed by atoms with Gasteiger partial charge in [-0.1, -0.05) is 348 Å². The van der Waals surface area contributed by atoms with Crippen LogP contribution >= 0.6 is 15.6 Å². The minimum absolute atomic E-state index is 0.0852. The van der Waals surface area contributed by atoms with Gasteiger partial charge in [0.05, 0.1) is 26.4 Å². The number of aliphatic hydroxyl groups is 1. The molecule has 17 nitrogen and oxygen atoms in total. The van der Waals surface area contributed by atoms with Gasteiger partial charge in [0.25, 0.3) is 0 Å². The summed E-state index contributed by atoms with van der Waals surface area (Å²) in [5.41, 5.74) is 0. The molecule has 3 N–H and O–H groups in total. The topological polar surface area (TPSA) is 237 Å². The van der Waals surface area contributed by atoms with Crippen LogP contribution in [0.4, 0.5) is 0 Å². The molecule has 99 heavy (non-hydrogen) atoms. The fourth-order valence-corrected chi connectivity index (χ4v) is 13.4. The number of aliphatic hydroxyl groups excluding tert-OH is 1. The van der Waals surface area contributed by atoms with Gasteiger partial charge in [-0.2, -0.15) is 0 Å². The molecule has 0 aliphatic heterocycles. The van der Waals surface area contributed by atoms with E-state index in [1.807, 2.05) is 0 Å². The predicted molar refractivity (Wildman–Crippen MR) is 404 cm³/mol. The molecule has 0 aliphatic rings. The predicted octanol–water partition coefficient (Wildman–Crippen LogP) is 23.6. The zero-order chi connectivity index (χ0) is 72.7. The molecular weight excluding hydrogens is 1290 g/mol. The molecule has 0 fully saturated rings. The van der Waals surface area contributed by atoms with Gasteiger partial charge in [0.2, 0.25) is 0 Å². The number of esters is 4. The maximum Gasteiger partial charge on any atom is 0.472 e. The molecule has 0 aliphatic carbocycles. The first-order chi connectivity index (χ1) is 48.1. The summed E-state index contributed by atoms with van der Waals surface area (Å²) in [5.74, 6) is -1.30. The Morgan fingerprint density at radius 2 is 0.566 bits per heavy atom. The van der Waals surface area contributed by atoms with Gasteiger partial charge in [0.1, 0.15) is 19.3 Å². The lowest BCUT2D eigenvalue weighted by atomic mass is 9.99. The van der Waals surface area contributed by atoms with Crippen molar-refractivity contribution in [3.8, 4) is 0 Å². The second kappa shape index (κ2) is 72.5. The van der Waals surface area contributed by atoms with Gasteiger partial charge < -0.3 is 33.8 Å². The van der Waals surface area contributed by atoms with Crippen LogP contribution in [-0.4, -0.2) is 96.7 Å². The number of hydrogen-bond acceptors (Lipinski definition) is 15. The second-order valence-electron chi connectivity index (χ2n) is 28.4. The first-order valence-corrected chi connectivity index (χ1v) is 44.0. The van der Waals surface area contributed by atoms with Crippen molar-refractivity contribution in [1.82, 2.24) is 0 Å². The van der Waals surface area contributed by atoms with Gasteiger partial charge in [-0.05, 0) is 57.3 Å². The molecule has 0 radical (unpaired) electrons. The molecule has 0 rings (SSSR count). The Balaban J connectivity index is 5.24. The highest BCUT2D eigenvalue weighted by molar-refractivity contribution is 7.47. The third-order valence-electron chi connectivity index (χ3n) is 18.5. The van der Waals surface area contributed by atoms with E-state index < -0.39 is 97.5 Å². The lowest BCUT2D eigenvalue weighted by molar-refractivity contribution is -0.161. The zero-order valence-electron chi connectivity index (χ0n) is 64.1. The first kappa shape index (κ1) is 96.5. The third kappa shape index (κ3) is 72.3. The van der Waals surface area contributed by atoms with E-state index in [-0.39, 0.29) is 25.7 Å². The lowest BCUT2D eigenvalue weighted by Gasteiger charge is -2.21. The molecule has 0 saturated heterocycles. The number of carbonyl (C=O) groups excluding carboxylic acids is 4. The molecule has 0 amide bonds. The summed E-state index contributed by atoms with van der Waals surface area (Å²) >= 11 is 0. The van der Waals surface area contributed by atoms with Crippen molar-refractivity contribution in [1.29, 1.82) is 0 Å². The number of carbonyl (C=O) groups is 4. The zero-order valence-corrected chi connectivity index (χ0v) is 65.9. The monoisotopic (exact) mass is 1450 g/mol. The van der Waals surface area contributed by atoms with Crippen molar-refractivity contribution in [3.63, 3.8) is 0 Å². The summed E-state index contributed by atoms with van der Waals surface area (Å²) in [6.07, 6.45) is 66.0. The van der Waals surface area contributed by atoms with Crippen LogP contribution in [0.1, 0.15) is 401 Å². The summed E-state index contributed by atoms with van der Waals surface area (Å²) in [5, 5.41) is 10.6. The van der Waals surface area contributed by atoms with E-state index in [9.17, 15) is 43.2 Å². The number of rotatable bonds is 78. The summed E-state index contributed by atoms with van der Waals surface area (Å²) < 4.78 is 68.6. The van der Waals surface area contributed by atoms with E-state index in [4.69, 9.17) is 37.0 Å². The van der Waals surface area contributed by atoms with Crippen LogP contribution in [0.3, 0.4) is 0 Å². The van der Waals surface area contributed by atoms with E-state index in [0.29, 0.717) is 25.7 Å². The van der Waals surface area contributed by atoms with Crippen LogP contribution < -0.4 is 0 Å². The van der Waals surface area contributed by atoms with Gasteiger partial charge in [0, 0.05) is 25.7 Å². The third-order valence-corrected chi connectivity index (χ3v) is 20.4. The Labute approximate surface area is 605 Å². The van der Waals surface area contributed by atoms with Gasteiger partial charge in [0.15, 0.2) is 12.2 Å². The van der Waals surface area contributed by atoms with Crippen LogP contribution in [0.15, 0.2) is 24.3 Å². The SMILES string of the molecule is CCCCCC/C=C\C=C/CCCCCCCC(=O)O[C@H](COC(=O)CCCCCCCCCC)COP(=O)(O)OC[C@H](O)COP(=O)(O)OC[C@@H](COC(=O)CCCCCCCCCCCCCCCCCCCC)OC(=O)CCCCCCCCCCCCCCCCC(C)CC. The molecule has 0 saturated carbocycles. The molecule has 6 atom stereocenters. The number of phosphoric acid groups is 2. The van der Waals surface area contributed by atoms with Crippen molar-refractivity contribution >= 4 is 39.5 Å². The van der Waals surface area contributed by atoms with E-state index in [2.05, 4.69) is 58.9 Å². The Bertz CT molecular complexity index is 1990. The fourth-order valence-electron chi connectivity index (χ4n) is 11.8. The summed E-state index contributed by atoms with van der Waals surface area (Å²) in [6, 6.07) is 0. The van der Waals surface area contributed by atoms with E-state index >= 15 is 0 Å². The number of phosphoric ester groups is 2. The number of hydrogen-bond donors (Lipinski definition) is 3. The molecule has 584 valence electrons. The number of allylic oxidation sites excluding steroid dienone is 4. The first-order valence-electron chi connectivity index (χ1n) is 41.0.